The monoisotopic (exact) mass is 388 g/mol. The third-order valence-corrected chi connectivity index (χ3v) is 6.11. The maximum absolute atomic E-state index is 12.7. The largest absolute Gasteiger partial charge is 0.314 e. The fraction of sp³-hybridized carbons (Fsp3) is 0.300. The van der Waals surface area contributed by atoms with Gasteiger partial charge >= 0.3 is 0 Å². The minimum atomic E-state index is -3.83. The Balaban J connectivity index is 2.17. The average molecular weight is 388 g/mol. The van der Waals surface area contributed by atoms with Gasteiger partial charge in [0, 0.05) is 25.3 Å². The van der Waals surface area contributed by atoms with Crippen molar-refractivity contribution in [1.82, 2.24) is 4.31 Å². The predicted octanol–water partition coefficient (Wildman–Crippen LogP) is 2.79. The molecule has 0 bridgehead atoms. The number of carbonyl (C=O) groups is 2. The summed E-state index contributed by atoms with van der Waals surface area (Å²) < 4.78 is 26.4. The van der Waals surface area contributed by atoms with Crippen molar-refractivity contribution in [2.45, 2.75) is 25.7 Å². The zero-order valence-electron chi connectivity index (χ0n) is 16.2. The number of ketones is 1. The van der Waals surface area contributed by atoms with Crippen molar-refractivity contribution in [2.24, 2.45) is 0 Å². The summed E-state index contributed by atoms with van der Waals surface area (Å²) in [5.74, 6) is -0.482. The summed E-state index contributed by atoms with van der Waals surface area (Å²) in [6.07, 6.45) is 0. The van der Waals surface area contributed by atoms with Gasteiger partial charge in [-0.05, 0) is 56.2 Å². The molecule has 0 N–H and O–H groups in total. The lowest BCUT2D eigenvalue weighted by atomic mass is 10.1. The third kappa shape index (κ3) is 4.81. The molecule has 144 valence electrons. The van der Waals surface area contributed by atoms with E-state index in [1.807, 2.05) is 32.0 Å². The number of amides is 1. The van der Waals surface area contributed by atoms with Gasteiger partial charge < -0.3 is 4.90 Å². The summed E-state index contributed by atoms with van der Waals surface area (Å²) in [6, 6.07) is 11.4. The van der Waals surface area contributed by atoms with Gasteiger partial charge in [-0.15, -0.1) is 0 Å². The standard InChI is InChI=1S/C20H24N2O4S/c1-14-10-15(2)12-18(11-14)22(5)20(24)13-21(4)27(25,26)19-8-6-17(7-9-19)16(3)23/h6-12H,13H2,1-5H3. The van der Waals surface area contributed by atoms with Gasteiger partial charge in [0.1, 0.15) is 0 Å². The van der Waals surface area contributed by atoms with Crippen molar-refractivity contribution >= 4 is 27.4 Å². The topological polar surface area (TPSA) is 74.8 Å². The molecular formula is C20H24N2O4S. The first-order chi connectivity index (χ1) is 12.5. The molecule has 0 aliphatic carbocycles. The van der Waals surface area contributed by atoms with Crippen LogP contribution in [0.1, 0.15) is 28.4 Å². The molecule has 7 heteroatoms. The first-order valence-corrected chi connectivity index (χ1v) is 9.88. The maximum atomic E-state index is 12.7. The van der Waals surface area contributed by atoms with E-state index in [1.165, 1.54) is 43.1 Å². The number of likely N-dealkylation sites (N-methyl/N-ethyl adjacent to an activating group) is 2. The fourth-order valence-corrected chi connectivity index (χ4v) is 3.83. The van der Waals surface area contributed by atoms with Gasteiger partial charge in [0.2, 0.25) is 15.9 Å². The van der Waals surface area contributed by atoms with Crippen LogP contribution in [0.15, 0.2) is 47.4 Å². The lowest BCUT2D eigenvalue weighted by Gasteiger charge is -2.22. The van der Waals surface area contributed by atoms with Crippen LogP contribution in [0.4, 0.5) is 5.69 Å². The Hall–Kier alpha value is -2.51. The van der Waals surface area contributed by atoms with Crippen LogP contribution in [-0.4, -0.2) is 45.1 Å². The second-order valence-electron chi connectivity index (χ2n) is 6.64. The first kappa shape index (κ1) is 20.8. The van der Waals surface area contributed by atoms with E-state index in [-0.39, 0.29) is 23.1 Å². The Labute approximate surface area is 160 Å². The van der Waals surface area contributed by atoms with Crippen LogP contribution in [0.2, 0.25) is 0 Å². The van der Waals surface area contributed by atoms with Gasteiger partial charge in [0.25, 0.3) is 0 Å². The molecule has 0 radical (unpaired) electrons. The van der Waals surface area contributed by atoms with Gasteiger partial charge in [0.05, 0.1) is 11.4 Å². The highest BCUT2D eigenvalue weighted by Gasteiger charge is 2.25. The smallest absolute Gasteiger partial charge is 0.243 e. The molecule has 0 aliphatic heterocycles. The predicted molar refractivity (Wildman–Crippen MR) is 106 cm³/mol. The van der Waals surface area contributed by atoms with Crippen molar-refractivity contribution in [3.63, 3.8) is 0 Å². The summed E-state index contributed by atoms with van der Waals surface area (Å²) in [5.41, 5.74) is 3.20. The Morgan fingerprint density at radius 2 is 1.44 bits per heavy atom. The van der Waals surface area contributed by atoms with Crippen LogP contribution >= 0.6 is 0 Å². The maximum Gasteiger partial charge on any atom is 0.243 e. The highest BCUT2D eigenvalue weighted by atomic mass is 32.2. The zero-order chi connectivity index (χ0) is 20.4. The van der Waals surface area contributed by atoms with Crippen LogP contribution in [-0.2, 0) is 14.8 Å². The van der Waals surface area contributed by atoms with E-state index in [2.05, 4.69) is 0 Å². The normalized spacial score (nSPS) is 11.5. The summed E-state index contributed by atoms with van der Waals surface area (Å²) in [6.45, 7) is 5.00. The molecular weight excluding hydrogens is 364 g/mol. The molecule has 0 unspecified atom stereocenters. The summed E-state index contributed by atoms with van der Waals surface area (Å²) in [7, 11) is -0.848. The molecule has 2 rings (SSSR count). The molecule has 0 saturated heterocycles. The van der Waals surface area contributed by atoms with Crippen LogP contribution in [0, 0.1) is 13.8 Å². The van der Waals surface area contributed by atoms with Crippen molar-refractivity contribution in [3.8, 4) is 0 Å². The molecule has 2 aromatic rings. The van der Waals surface area contributed by atoms with Gasteiger partial charge in [0.15, 0.2) is 5.78 Å². The second kappa shape index (κ2) is 8.02. The van der Waals surface area contributed by atoms with Crippen LogP contribution in [0.5, 0.6) is 0 Å². The van der Waals surface area contributed by atoms with E-state index in [0.717, 1.165) is 15.4 Å². The van der Waals surface area contributed by atoms with Gasteiger partial charge in [-0.25, -0.2) is 8.42 Å². The molecule has 0 saturated carbocycles. The molecule has 6 nitrogen and oxygen atoms in total. The third-order valence-electron chi connectivity index (χ3n) is 4.29. The number of sulfonamides is 1. The highest BCUT2D eigenvalue weighted by Crippen LogP contribution is 2.19. The summed E-state index contributed by atoms with van der Waals surface area (Å²) in [4.78, 5) is 25.4. The molecule has 0 fully saturated rings. The van der Waals surface area contributed by atoms with Gasteiger partial charge in [-0.2, -0.15) is 4.31 Å². The van der Waals surface area contributed by atoms with Crippen molar-refractivity contribution in [3.05, 3.63) is 59.2 Å². The minimum absolute atomic E-state index is 0.0388. The number of benzene rings is 2. The van der Waals surface area contributed by atoms with E-state index < -0.39 is 10.0 Å². The van der Waals surface area contributed by atoms with E-state index in [0.29, 0.717) is 11.3 Å². The van der Waals surface area contributed by atoms with Crippen LogP contribution < -0.4 is 4.90 Å². The second-order valence-corrected chi connectivity index (χ2v) is 8.69. The molecule has 0 atom stereocenters. The quantitative estimate of drug-likeness (QED) is 0.713. The molecule has 0 spiro atoms. The van der Waals surface area contributed by atoms with E-state index >= 15 is 0 Å². The Morgan fingerprint density at radius 1 is 0.926 bits per heavy atom. The SMILES string of the molecule is CC(=O)c1ccc(S(=O)(=O)N(C)CC(=O)N(C)c2cc(C)cc(C)c2)cc1. The number of aryl methyl sites for hydroxylation is 2. The number of Topliss-reactive ketones (excluding diaryl/α,β-unsaturated/α-hetero) is 1. The molecule has 2 aromatic carbocycles. The minimum Gasteiger partial charge on any atom is -0.314 e. The number of nitrogens with zero attached hydrogens (tertiary/aromatic N) is 2. The fourth-order valence-electron chi connectivity index (χ4n) is 2.71. The first-order valence-electron chi connectivity index (χ1n) is 8.44. The number of carbonyl (C=O) groups excluding carboxylic acids is 2. The van der Waals surface area contributed by atoms with Crippen LogP contribution in [0.25, 0.3) is 0 Å². The van der Waals surface area contributed by atoms with Crippen molar-refractivity contribution in [2.75, 3.05) is 25.5 Å². The Morgan fingerprint density at radius 3 is 1.93 bits per heavy atom. The van der Waals surface area contributed by atoms with Crippen molar-refractivity contribution < 1.29 is 18.0 Å². The van der Waals surface area contributed by atoms with E-state index in [9.17, 15) is 18.0 Å². The molecule has 1 amide bonds. The summed E-state index contributed by atoms with van der Waals surface area (Å²) >= 11 is 0. The Bertz CT molecular complexity index is 946. The lowest BCUT2D eigenvalue weighted by Crippen LogP contribution is -2.39. The number of hydrogen-bond acceptors (Lipinski definition) is 4. The number of hydrogen-bond donors (Lipinski definition) is 0. The Kier molecular flexibility index (Phi) is 6.18. The highest BCUT2D eigenvalue weighted by molar-refractivity contribution is 7.89. The zero-order valence-corrected chi connectivity index (χ0v) is 17.0. The average Bonchev–Trinajstić information content (AvgIpc) is 2.60. The molecule has 0 aromatic heterocycles. The van der Waals surface area contributed by atoms with Gasteiger partial charge in [-0.3, -0.25) is 9.59 Å². The summed E-state index contributed by atoms with van der Waals surface area (Å²) in [5, 5.41) is 0. The molecule has 0 aliphatic rings. The molecule has 27 heavy (non-hydrogen) atoms. The van der Waals surface area contributed by atoms with E-state index in [4.69, 9.17) is 0 Å². The number of anilines is 1. The van der Waals surface area contributed by atoms with Gasteiger partial charge in [-0.1, -0.05) is 18.2 Å². The van der Waals surface area contributed by atoms with Crippen molar-refractivity contribution in [1.29, 1.82) is 0 Å². The van der Waals surface area contributed by atoms with Crippen LogP contribution in [0.3, 0.4) is 0 Å². The van der Waals surface area contributed by atoms with E-state index in [1.54, 1.807) is 7.05 Å². The molecule has 0 heterocycles. The number of rotatable bonds is 6. The lowest BCUT2D eigenvalue weighted by molar-refractivity contribution is -0.118.